The summed E-state index contributed by atoms with van der Waals surface area (Å²) >= 11 is 0. The van der Waals surface area contributed by atoms with Crippen LogP contribution in [0.2, 0.25) is 0 Å². The second-order valence-corrected chi connectivity index (χ2v) is 3.63. The lowest BCUT2D eigenvalue weighted by molar-refractivity contribution is -0.142. The smallest absolute Gasteiger partial charge is 0.306 e. The zero-order valence-electron chi connectivity index (χ0n) is 7.25. The van der Waals surface area contributed by atoms with Crippen LogP contribution in [0.3, 0.4) is 0 Å². The molecule has 1 saturated carbocycles. The highest BCUT2D eigenvalue weighted by Gasteiger charge is 2.44. The number of carboxylic acid groups (broad SMARTS) is 1. The third-order valence-electron chi connectivity index (χ3n) is 2.64. The van der Waals surface area contributed by atoms with Gasteiger partial charge in [0.15, 0.2) is 0 Å². The van der Waals surface area contributed by atoms with E-state index in [1.165, 1.54) is 0 Å². The largest absolute Gasteiger partial charge is 0.481 e. The zero-order valence-corrected chi connectivity index (χ0v) is 7.25. The Hall–Kier alpha value is -0.860. The Bertz CT molecular complexity index is 194. The van der Waals surface area contributed by atoms with E-state index in [4.69, 9.17) is 5.11 Å². The number of aldehydes is 1. The number of hydrogen-bond donors (Lipinski definition) is 1. The van der Waals surface area contributed by atoms with Gasteiger partial charge in [-0.15, -0.1) is 0 Å². The number of carbonyl (C=O) groups is 2. The third-order valence-corrected chi connectivity index (χ3v) is 2.64. The van der Waals surface area contributed by atoms with Crippen molar-refractivity contribution in [1.29, 1.82) is 0 Å². The first-order chi connectivity index (χ1) is 5.63. The van der Waals surface area contributed by atoms with Crippen LogP contribution in [-0.4, -0.2) is 17.4 Å². The highest BCUT2D eigenvalue weighted by molar-refractivity contribution is 5.72. The van der Waals surface area contributed by atoms with Gasteiger partial charge in [-0.25, -0.2) is 0 Å². The van der Waals surface area contributed by atoms with Crippen LogP contribution in [0.15, 0.2) is 0 Å². The molecular formula is C9H14O3. The Morgan fingerprint density at radius 1 is 1.67 bits per heavy atom. The van der Waals surface area contributed by atoms with E-state index in [0.29, 0.717) is 12.8 Å². The summed E-state index contributed by atoms with van der Waals surface area (Å²) in [6.45, 7) is 1.85. The zero-order chi connectivity index (χ0) is 9.19. The van der Waals surface area contributed by atoms with Crippen LogP contribution in [-0.2, 0) is 9.59 Å². The van der Waals surface area contributed by atoms with Crippen molar-refractivity contribution >= 4 is 12.3 Å². The summed E-state index contributed by atoms with van der Waals surface area (Å²) in [6, 6.07) is 0. The Morgan fingerprint density at radius 2 is 2.25 bits per heavy atom. The van der Waals surface area contributed by atoms with Crippen molar-refractivity contribution in [2.24, 2.45) is 11.3 Å². The standard InChI is InChI=1S/C9H14O3/c1-2-7(8(11)12)5-9(6-10)3-4-9/h6-7H,2-5H2,1H3,(H,11,12). The molecule has 0 amide bonds. The van der Waals surface area contributed by atoms with Gasteiger partial charge in [0.1, 0.15) is 6.29 Å². The SMILES string of the molecule is CCC(CC1(C=O)CC1)C(=O)O. The Labute approximate surface area is 71.8 Å². The predicted molar refractivity (Wildman–Crippen MR) is 43.8 cm³/mol. The molecule has 1 rings (SSSR count). The summed E-state index contributed by atoms with van der Waals surface area (Å²) in [5.74, 6) is -1.11. The molecule has 0 aromatic heterocycles. The van der Waals surface area contributed by atoms with Gasteiger partial charge >= 0.3 is 5.97 Å². The van der Waals surface area contributed by atoms with E-state index in [0.717, 1.165) is 19.1 Å². The molecule has 1 unspecified atom stereocenters. The van der Waals surface area contributed by atoms with E-state index in [2.05, 4.69) is 0 Å². The molecule has 0 bridgehead atoms. The molecule has 0 radical (unpaired) electrons. The minimum atomic E-state index is -0.773. The second kappa shape index (κ2) is 3.25. The number of carbonyl (C=O) groups excluding carboxylic acids is 1. The fourth-order valence-electron chi connectivity index (χ4n) is 1.43. The number of hydrogen-bond acceptors (Lipinski definition) is 2. The van der Waals surface area contributed by atoms with Gasteiger partial charge in [-0.1, -0.05) is 6.92 Å². The maximum atomic E-state index is 10.6. The second-order valence-electron chi connectivity index (χ2n) is 3.63. The number of carboxylic acids is 1. The van der Waals surface area contributed by atoms with Crippen molar-refractivity contribution in [1.82, 2.24) is 0 Å². The van der Waals surface area contributed by atoms with Crippen LogP contribution in [0.4, 0.5) is 0 Å². The average molecular weight is 170 g/mol. The summed E-state index contributed by atoms with van der Waals surface area (Å²) in [5.41, 5.74) is -0.265. The van der Waals surface area contributed by atoms with Crippen LogP contribution in [0, 0.1) is 11.3 Å². The first kappa shape index (κ1) is 9.23. The van der Waals surface area contributed by atoms with Gasteiger partial charge in [-0.2, -0.15) is 0 Å². The van der Waals surface area contributed by atoms with Gasteiger partial charge in [0.25, 0.3) is 0 Å². The number of aliphatic carboxylic acids is 1. The highest BCUT2D eigenvalue weighted by atomic mass is 16.4. The van der Waals surface area contributed by atoms with Gasteiger partial charge in [0.05, 0.1) is 5.92 Å². The maximum Gasteiger partial charge on any atom is 0.306 e. The molecule has 1 aliphatic rings. The van der Waals surface area contributed by atoms with Gasteiger partial charge in [0.2, 0.25) is 0 Å². The van der Waals surface area contributed by atoms with Crippen molar-refractivity contribution in [2.45, 2.75) is 32.6 Å². The van der Waals surface area contributed by atoms with Gasteiger partial charge in [0, 0.05) is 5.41 Å². The topological polar surface area (TPSA) is 54.4 Å². The van der Waals surface area contributed by atoms with E-state index in [-0.39, 0.29) is 11.3 Å². The molecule has 1 atom stereocenters. The first-order valence-corrected chi connectivity index (χ1v) is 4.33. The Morgan fingerprint density at radius 3 is 2.50 bits per heavy atom. The van der Waals surface area contributed by atoms with E-state index in [1.54, 1.807) is 0 Å². The molecule has 3 nitrogen and oxygen atoms in total. The molecular weight excluding hydrogens is 156 g/mol. The molecule has 68 valence electrons. The lowest BCUT2D eigenvalue weighted by Gasteiger charge is -2.12. The summed E-state index contributed by atoms with van der Waals surface area (Å²) in [7, 11) is 0. The monoisotopic (exact) mass is 170 g/mol. The summed E-state index contributed by atoms with van der Waals surface area (Å²) < 4.78 is 0. The van der Waals surface area contributed by atoms with E-state index in [9.17, 15) is 9.59 Å². The van der Waals surface area contributed by atoms with Crippen LogP contribution in [0.25, 0.3) is 0 Å². The molecule has 0 heterocycles. The van der Waals surface area contributed by atoms with Crippen molar-refractivity contribution in [3.8, 4) is 0 Å². The lowest BCUT2D eigenvalue weighted by Crippen LogP contribution is -2.18. The number of rotatable bonds is 5. The molecule has 0 aliphatic heterocycles. The molecule has 1 aliphatic carbocycles. The quantitative estimate of drug-likeness (QED) is 0.635. The molecule has 0 spiro atoms. The van der Waals surface area contributed by atoms with E-state index >= 15 is 0 Å². The molecule has 12 heavy (non-hydrogen) atoms. The first-order valence-electron chi connectivity index (χ1n) is 4.33. The molecule has 3 heteroatoms. The minimum absolute atomic E-state index is 0.265. The van der Waals surface area contributed by atoms with Crippen LogP contribution < -0.4 is 0 Å². The summed E-state index contributed by atoms with van der Waals surface area (Å²) in [5, 5.41) is 8.74. The van der Waals surface area contributed by atoms with Gasteiger partial charge in [-0.05, 0) is 25.7 Å². The molecule has 0 aromatic carbocycles. The lowest BCUT2D eigenvalue weighted by atomic mass is 9.91. The third kappa shape index (κ3) is 1.84. The summed E-state index contributed by atoms with van der Waals surface area (Å²) in [4.78, 5) is 21.2. The van der Waals surface area contributed by atoms with Crippen LogP contribution in [0.5, 0.6) is 0 Å². The fourth-order valence-corrected chi connectivity index (χ4v) is 1.43. The molecule has 1 N–H and O–H groups in total. The minimum Gasteiger partial charge on any atom is -0.481 e. The van der Waals surface area contributed by atoms with Crippen LogP contribution >= 0.6 is 0 Å². The Kier molecular flexibility index (Phi) is 2.50. The maximum absolute atomic E-state index is 10.6. The predicted octanol–water partition coefficient (Wildman–Crippen LogP) is 1.47. The molecule has 1 fully saturated rings. The van der Waals surface area contributed by atoms with Crippen molar-refractivity contribution < 1.29 is 14.7 Å². The van der Waals surface area contributed by atoms with Gasteiger partial charge in [-0.3, -0.25) is 4.79 Å². The molecule has 0 saturated heterocycles. The molecule has 0 aromatic rings. The van der Waals surface area contributed by atoms with Gasteiger partial charge < -0.3 is 9.90 Å². The van der Waals surface area contributed by atoms with Crippen LogP contribution in [0.1, 0.15) is 32.6 Å². The highest BCUT2D eigenvalue weighted by Crippen LogP contribution is 2.49. The Balaban J connectivity index is 2.47. The average Bonchev–Trinajstić information content (AvgIpc) is 2.80. The van der Waals surface area contributed by atoms with Crippen molar-refractivity contribution in [3.05, 3.63) is 0 Å². The van der Waals surface area contributed by atoms with E-state index in [1.807, 2.05) is 6.92 Å². The summed E-state index contributed by atoms with van der Waals surface area (Å²) in [6.07, 6.45) is 3.83. The normalized spacial score (nSPS) is 21.4. The van der Waals surface area contributed by atoms with Crippen molar-refractivity contribution in [2.75, 3.05) is 0 Å². The fraction of sp³-hybridized carbons (Fsp3) is 0.778. The van der Waals surface area contributed by atoms with Crippen molar-refractivity contribution in [3.63, 3.8) is 0 Å². The van der Waals surface area contributed by atoms with E-state index < -0.39 is 5.97 Å².